The Balaban J connectivity index is 1.63. The molecule has 3 rings (SSSR count). The molecular formula is C25H26ClF3N4O3. The minimum Gasteiger partial charge on any atom is -0.447 e. The number of hydrogen-bond donors (Lipinski definition) is 2. The summed E-state index contributed by atoms with van der Waals surface area (Å²) in [6.07, 6.45) is -0.154. The molecule has 0 saturated carbocycles. The van der Waals surface area contributed by atoms with Gasteiger partial charge in [-0.15, -0.1) is 0 Å². The zero-order valence-corrected chi connectivity index (χ0v) is 20.3. The summed E-state index contributed by atoms with van der Waals surface area (Å²) < 4.78 is 47.0. The molecule has 2 amide bonds. The molecule has 0 spiro atoms. The highest BCUT2D eigenvalue weighted by atomic mass is 35.5. The second-order valence-corrected chi connectivity index (χ2v) is 8.65. The molecule has 2 aromatic carbocycles. The minimum absolute atomic E-state index is 0.0959. The molecule has 0 aliphatic rings. The fourth-order valence-corrected chi connectivity index (χ4v) is 3.78. The number of carbonyl (C=O) groups is 2. The van der Waals surface area contributed by atoms with E-state index in [-0.39, 0.29) is 23.7 Å². The molecule has 0 bridgehead atoms. The van der Waals surface area contributed by atoms with Crippen LogP contribution in [0.15, 0.2) is 54.7 Å². The van der Waals surface area contributed by atoms with E-state index < -0.39 is 49.4 Å². The number of benzene rings is 2. The fourth-order valence-electron chi connectivity index (χ4n) is 3.56. The predicted molar refractivity (Wildman–Crippen MR) is 132 cm³/mol. The van der Waals surface area contributed by atoms with Gasteiger partial charge in [0.05, 0.1) is 17.6 Å². The number of pyridine rings is 1. The van der Waals surface area contributed by atoms with Crippen molar-refractivity contribution in [2.75, 3.05) is 25.5 Å². The van der Waals surface area contributed by atoms with Gasteiger partial charge in [0.1, 0.15) is 18.2 Å². The Bertz CT molecular complexity index is 1230. The van der Waals surface area contributed by atoms with E-state index in [9.17, 15) is 22.8 Å². The summed E-state index contributed by atoms with van der Waals surface area (Å²) in [6.45, 7) is -1.43. The third-order valence-corrected chi connectivity index (χ3v) is 6.10. The number of hydrogen-bond acceptors (Lipinski definition) is 5. The summed E-state index contributed by atoms with van der Waals surface area (Å²) in [6, 6.07) is 12.1. The number of amides is 2. The van der Waals surface area contributed by atoms with Crippen molar-refractivity contribution in [1.29, 1.82) is 0 Å². The smallest absolute Gasteiger partial charge is 0.412 e. The lowest BCUT2D eigenvalue weighted by atomic mass is 10.1. The van der Waals surface area contributed by atoms with Crippen molar-refractivity contribution in [1.82, 2.24) is 9.88 Å². The Morgan fingerprint density at radius 1 is 1.19 bits per heavy atom. The molecule has 0 radical (unpaired) electrons. The summed E-state index contributed by atoms with van der Waals surface area (Å²) in [7, 11) is 1.33. The standard InChI is InChI=1S/C25H26ClF3N4O3/c1-33(22(34)10-9-16-7-4-8-20(27)23(16)26)19(12-25(28,29)15-30)14-36-24(35)32-21-11-17-5-2-3-6-18(17)13-31-21/h2-8,11,13,19H,9-10,12,14-15,30H2,1H3,(H,31,32,35)/t19-/m0/s1. The molecule has 3 aromatic rings. The van der Waals surface area contributed by atoms with Crippen LogP contribution in [0.2, 0.25) is 5.02 Å². The highest BCUT2D eigenvalue weighted by molar-refractivity contribution is 6.31. The number of nitrogens with zero attached hydrogens (tertiary/aromatic N) is 2. The number of anilines is 1. The van der Waals surface area contributed by atoms with E-state index in [0.717, 1.165) is 15.7 Å². The number of alkyl halides is 2. The summed E-state index contributed by atoms with van der Waals surface area (Å²) >= 11 is 5.93. The molecule has 0 unspecified atom stereocenters. The van der Waals surface area contributed by atoms with Gasteiger partial charge >= 0.3 is 6.09 Å². The van der Waals surface area contributed by atoms with Crippen LogP contribution in [0.4, 0.5) is 23.8 Å². The Morgan fingerprint density at radius 2 is 1.92 bits per heavy atom. The van der Waals surface area contributed by atoms with Gasteiger partial charge in [-0.3, -0.25) is 10.1 Å². The molecular weight excluding hydrogens is 497 g/mol. The average Bonchev–Trinajstić information content (AvgIpc) is 2.86. The second-order valence-electron chi connectivity index (χ2n) is 8.28. The van der Waals surface area contributed by atoms with E-state index in [1.54, 1.807) is 18.3 Å². The predicted octanol–water partition coefficient (Wildman–Crippen LogP) is 5.02. The van der Waals surface area contributed by atoms with Crippen LogP contribution in [0, 0.1) is 5.82 Å². The van der Waals surface area contributed by atoms with E-state index in [2.05, 4.69) is 10.3 Å². The Labute approximate surface area is 211 Å². The largest absolute Gasteiger partial charge is 0.447 e. The van der Waals surface area contributed by atoms with E-state index in [1.165, 1.54) is 19.2 Å². The zero-order chi connectivity index (χ0) is 26.3. The number of ether oxygens (including phenoxy) is 1. The van der Waals surface area contributed by atoms with Crippen LogP contribution >= 0.6 is 11.6 Å². The molecule has 0 fully saturated rings. The van der Waals surface area contributed by atoms with Crippen molar-refractivity contribution >= 4 is 40.2 Å². The summed E-state index contributed by atoms with van der Waals surface area (Å²) in [5.74, 6) is -4.19. The Morgan fingerprint density at radius 3 is 2.64 bits per heavy atom. The SMILES string of the molecule is CN(C(=O)CCc1cccc(F)c1Cl)[C@H](COC(=O)Nc1cc2ccccc2cn1)CC(F)(F)CN. The number of carbonyl (C=O) groups excluding carboxylic acids is 2. The van der Waals surface area contributed by atoms with E-state index >= 15 is 0 Å². The number of fused-ring (bicyclic) bond motifs is 1. The number of nitrogens with two attached hydrogens (primary N) is 1. The number of aromatic nitrogens is 1. The first-order valence-corrected chi connectivity index (χ1v) is 11.5. The van der Waals surface area contributed by atoms with Gasteiger partial charge < -0.3 is 15.4 Å². The van der Waals surface area contributed by atoms with Crippen LogP contribution in [0.25, 0.3) is 10.8 Å². The van der Waals surface area contributed by atoms with Crippen molar-refractivity contribution in [3.8, 4) is 0 Å². The van der Waals surface area contributed by atoms with Crippen LogP contribution in [-0.4, -0.2) is 54.0 Å². The van der Waals surface area contributed by atoms with Gasteiger partial charge in [-0.05, 0) is 29.5 Å². The van der Waals surface area contributed by atoms with Crippen molar-refractivity contribution < 1.29 is 27.5 Å². The van der Waals surface area contributed by atoms with E-state index in [4.69, 9.17) is 22.1 Å². The van der Waals surface area contributed by atoms with Gasteiger partial charge in [-0.25, -0.2) is 22.9 Å². The molecule has 7 nitrogen and oxygen atoms in total. The number of nitrogens with one attached hydrogen (secondary N) is 1. The van der Waals surface area contributed by atoms with Crippen LogP contribution in [0.1, 0.15) is 18.4 Å². The first-order chi connectivity index (χ1) is 17.1. The van der Waals surface area contributed by atoms with Gasteiger partial charge in [0.15, 0.2) is 0 Å². The summed E-state index contributed by atoms with van der Waals surface area (Å²) in [5.41, 5.74) is 5.59. The van der Waals surface area contributed by atoms with Gasteiger partial charge in [-0.2, -0.15) is 0 Å². The number of rotatable bonds is 10. The molecule has 1 atom stereocenters. The number of likely N-dealkylation sites (N-methyl/N-ethyl adjacent to an activating group) is 1. The second kappa shape index (κ2) is 12.0. The Kier molecular flexibility index (Phi) is 9.11. The van der Waals surface area contributed by atoms with Gasteiger partial charge in [0.25, 0.3) is 5.92 Å². The first-order valence-electron chi connectivity index (χ1n) is 11.1. The molecule has 1 heterocycles. The monoisotopic (exact) mass is 522 g/mol. The summed E-state index contributed by atoms with van der Waals surface area (Å²) in [4.78, 5) is 30.3. The van der Waals surface area contributed by atoms with Gasteiger partial charge in [0.2, 0.25) is 5.91 Å². The maximum Gasteiger partial charge on any atom is 0.412 e. The van der Waals surface area contributed by atoms with Crippen molar-refractivity contribution in [2.24, 2.45) is 5.73 Å². The van der Waals surface area contributed by atoms with Crippen LogP contribution in [-0.2, 0) is 16.0 Å². The minimum atomic E-state index is -3.29. The lowest BCUT2D eigenvalue weighted by Crippen LogP contribution is -2.46. The van der Waals surface area contributed by atoms with Crippen LogP contribution in [0.5, 0.6) is 0 Å². The number of aryl methyl sites for hydroxylation is 1. The molecule has 1 aromatic heterocycles. The quantitative estimate of drug-likeness (QED) is 0.390. The average molecular weight is 523 g/mol. The lowest BCUT2D eigenvalue weighted by Gasteiger charge is -2.30. The normalized spacial score (nSPS) is 12.3. The molecule has 36 heavy (non-hydrogen) atoms. The Hall–Kier alpha value is -3.37. The topological polar surface area (TPSA) is 97.5 Å². The van der Waals surface area contributed by atoms with Crippen LogP contribution in [0.3, 0.4) is 0 Å². The fraction of sp³-hybridized carbons (Fsp3) is 0.320. The van der Waals surface area contributed by atoms with Crippen LogP contribution < -0.4 is 11.1 Å². The van der Waals surface area contributed by atoms with Gasteiger partial charge in [0, 0.05) is 31.5 Å². The highest BCUT2D eigenvalue weighted by Gasteiger charge is 2.35. The third-order valence-electron chi connectivity index (χ3n) is 5.68. The van der Waals surface area contributed by atoms with E-state index in [1.807, 2.05) is 24.3 Å². The molecule has 11 heteroatoms. The van der Waals surface area contributed by atoms with Crippen molar-refractivity contribution in [2.45, 2.75) is 31.2 Å². The molecule has 192 valence electrons. The van der Waals surface area contributed by atoms with Crippen molar-refractivity contribution in [3.05, 3.63) is 71.1 Å². The molecule has 0 aliphatic heterocycles. The first kappa shape index (κ1) is 27.2. The molecule has 0 saturated heterocycles. The molecule has 0 aliphatic carbocycles. The summed E-state index contributed by atoms with van der Waals surface area (Å²) in [5, 5.41) is 4.07. The van der Waals surface area contributed by atoms with Crippen molar-refractivity contribution in [3.63, 3.8) is 0 Å². The maximum absolute atomic E-state index is 14.1. The van der Waals surface area contributed by atoms with Gasteiger partial charge in [-0.1, -0.05) is 48.0 Å². The van der Waals surface area contributed by atoms with E-state index in [0.29, 0.717) is 5.56 Å². The lowest BCUT2D eigenvalue weighted by molar-refractivity contribution is -0.134. The zero-order valence-electron chi connectivity index (χ0n) is 19.5. The highest BCUT2D eigenvalue weighted by Crippen LogP contribution is 2.24. The third kappa shape index (κ3) is 7.32. The maximum atomic E-state index is 14.1. The molecule has 3 N–H and O–H groups in total. The number of halogens is 4.